The molecule has 0 saturated carbocycles. The molecule has 0 bridgehead atoms. The highest BCUT2D eigenvalue weighted by Crippen LogP contribution is 2.39. The zero-order chi connectivity index (χ0) is 14.9. The Bertz CT molecular complexity index is 563. The number of benzene rings is 1. The number of rotatable bonds is 3. The van der Waals surface area contributed by atoms with Crippen molar-refractivity contribution in [2.75, 3.05) is 18.6 Å². The van der Waals surface area contributed by atoms with Gasteiger partial charge in [0.1, 0.15) is 6.10 Å². The van der Waals surface area contributed by atoms with Crippen LogP contribution >= 0.6 is 0 Å². The van der Waals surface area contributed by atoms with E-state index >= 15 is 0 Å². The van der Waals surface area contributed by atoms with E-state index in [1.54, 1.807) is 6.92 Å². The molecule has 1 aromatic rings. The summed E-state index contributed by atoms with van der Waals surface area (Å²) < 4.78 is 5.06. The predicted molar refractivity (Wildman–Crippen MR) is 78.5 cm³/mol. The van der Waals surface area contributed by atoms with Crippen molar-refractivity contribution in [2.45, 2.75) is 33.3 Å². The predicted octanol–water partition coefficient (Wildman–Crippen LogP) is 2.57. The van der Waals surface area contributed by atoms with Gasteiger partial charge < -0.3 is 14.7 Å². The minimum atomic E-state index is -0.924. The maximum absolute atomic E-state index is 12.1. The fraction of sp³-hybridized carbons (Fsp3) is 0.438. The second kappa shape index (κ2) is 5.67. The summed E-state index contributed by atoms with van der Waals surface area (Å²) in [6.07, 6.45) is -0.0343. The van der Waals surface area contributed by atoms with Crippen LogP contribution in [0.1, 0.15) is 38.0 Å². The molecule has 0 saturated heterocycles. The molecular weight excluding hydrogens is 254 g/mol. The molecule has 20 heavy (non-hydrogen) atoms. The third-order valence-electron chi connectivity index (χ3n) is 3.82. The molecule has 1 unspecified atom stereocenters. The minimum Gasteiger partial charge on any atom is -0.462 e. The van der Waals surface area contributed by atoms with Crippen molar-refractivity contribution in [3.8, 4) is 0 Å². The molecule has 108 valence electrons. The van der Waals surface area contributed by atoms with Crippen LogP contribution in [0.4, 0.5) is 5.69 Å². The van der Waals surface area contributed by atoms with Crippen molar-refractivity contribution in [3.63, 3.8) is 0 Å². The quantitative estimate of drug-likeness (QED) is 0.861. The number of carbonyl (C=O) groups excluding carboxylic acids is 1. The number of ether oxygens (including phenoxy) is 1. The number of hydrogen-bond donors (Lipinski definition) is 1. The first-order valence-corrected chi connectivity index (χ1v) is 6.93. The molecule has 0 spiro atoms. The van der Waals surface area contributed by atoms with Crippen LogP contribution in [0.25, 0.3) is 0 Å². The largest absolute Gasteiger partial charge is 0.462 e. The van der Waals surface area contributed by atoms with Crippen LogP contribution in [-0.4, -0.2) is 24.7 Å². The topological polar surface area (TPSA) is 49.8 Å². The van der Waals surface area contributed by atoms with E-state index in [9.17, 15) is 9.90 Å². The standard InChI is InChI=1S/C16H21NO3/c1-5-11-7-8-13-12(9-11)15(18)14(10(3)17(13)4)16(19)20-6-2/h7-9,15,18H,5-6H2,1-4H3. The molecule has 1 aliphatic rings. The Hall–Kier alpha value is -1.81. The van der Waals surface area contributed by atoms with Gasteiger partial charge in [0.25, 0.3) is 0 Å². The molecule has 1 heterocycles. The average molecular weight is 275 g/mol. The molecular formula is C16H21NO3. The number of esters is 1. The van der Waals surface area contributed by atoms with Gasteiger partial charge in [-0.3, -0.25) is 0 Å². The first-order chi connectivity index (χ1) is 9.51. The van der Waals surface area contributed by atoms with Gasteiger partial charge in [0.05, 0.1) is 12.2 Å². The third-order valence-corrected chi connectivity index (χ3v) is 3.82. The van der Waals surface area contributed by atoms with E-state index < -0.39 is 12.1 Å². The summed E-state index contributed by atoms with van der Waals surface area (Å²) in [7, 11) is 1.89. The SMILES string of the molecule is CCOC(=O)C1=C(C)N(C)c2ccc(CC)cc2C1O. The first kappa shape index (κ1) is 14.6. The summed E-state index contributed by atoms with van der Waals surface area (Å²) in [6, 6.07) is 6.00. The maximum Gasteiger partial charge on any atom is 0.338 e. The fourth-order valence-electron chi connectivity index (χ4n) is 2.53. The van der Waals surface area contributed by atoms with Crippen molar-refractivity contribution < 1.29 is 14.6 Å². The normalized spacial score (nSPS) is 18.1. The highest BCUT2D eigenvalue weighted by Gasteiger charge is 2.32. The molecule has 0 amide bonds. The maximum atomic E-state index is 12.1. The molecule has 4 heteroatoms. The zero-order valence-corrected chi connectivity index (χ0v) is 12.4. The number of nitrogens with zero attached hydrogens (tertiary/aromatic N) is 1. The number of fused-ring (bicyclic) bond motifs is 1. The molecule has 2 rings (SSSR count). The van der Waals surface area contributed by atoms with Crippen molar-refractivity contribution in [1.29, 1.82) is 0 Å². The average Bonchev–Trinajstić information content (AvgIpc) is 2.45. The molecule has 1 N–H and O–H groups in total. The van der Waals surface area contributed by atoms with Gasteiger partial charge in [-0.25, -0.2) is 4.79 Å². The number of carbonyl (C=O) groups is 1. The Morgan fingerprint density at radius 2 is 2.10 bits per heavy atom. The summed E-state index contributed by atoms with van der Waals surface area (Å²) in [5.74, 6) is -0.447. The van der Waals surface area contributed by atoms with Gasteiger partial charge in [-0.2, -0.15) is 0 Å². The van der Waals surface area contributed by atoms with Crippen LogP contribution in [-0.2, 0) is 16.0 Å². The van der Waals surface area contributed by atoms with Gasteiger partial charge in [-0.05, 0) is 31.9 Å². The van der Waals surface area contributed by atoms with Gasteiger partial charge in [0.15, 0.2) is 0 Å². The van der Waals surface area contributed by atoms with E-state index in [0.29, 0.717) is 12.2 Å². The van der Waals surface area contributed by atoms with Crippen molar-refractivity contribution in [3.05, 3.63) is 40.6 Å². The van der Waals surface area contributed by atoms with Gasteiger partial charge in [-0.15, -0.1) is 0 Å². The minimum absolute atomic E-state index is 0.300. The van der Waals surface area contributed by atoms with E-state index in [1.807, 2.05) is 37.1 Å². The lowest BCUT2D eigenvalue weighted by Gasteiger charge is -2.33. The lowest BCUT2D eigenvalue weighted by Crippen LogP contribution is -2.29. The third kappa shape index (κ3) is 2.31. The van der Waals surface area contributed by atoms with Crippen molar-refractivity contribution in [2.24, 2.45) is 0 Å². The van der Waals surface area contributed by atoms with Gasteiger partial charge >= 0.3 is 5.97 Å². The van der Waals surface area contributed by atoms with Crippen LogP contribution in [0.2, 0.25) is 0 Å². The second-order valence-corrected chi connectivity index (χ2v) is 4.93. The Morgan fingerprint density at radius 3 is 2.70 bits per heavy atom. The smallest absolute Gasteiger partial charge is 0.338 e. The zero-order valence-electron chi connectivity index (χ0n) is 12.4. The monoisotopic (exact) mass is 275 g/mol. The van der Waals surface area contributed by atoms with Gasteiger partial charge in [-0.1, -0.05) is 19.1 Å². The lowest BCUT2D eigenvalue weighted by molar-refractivity contribution is -0.139. The van der Waals surface area contributed by atoms with E-state index in [2.05, 4.69) is 6.92 Å². The first-order valence-electron chi connectivity index (χ1n) is 6.93. The number of aliphatic hydroxyl groups is 1. The highest BCUT2D eigenvalue weighted by molar-refractivity contribution is 5.93. The number of anilines is 1. The molecule has 1 aromatic carbocycles. The van der Waals surface area contributed by atoms with E-state index in [4.69, 9.17) is 4.74 Å². The molecule has 0 fully saturated rings. The number of hydrogen-bond acceptors (Lipinski definition) is 4. The molecule has 1 atom stereocenters. The number of aryl methyl sites for hydroxylation is 1. The Labute approximate surface area is 119 Å². The van der Waals surface area contributed by atoms with Crippen LogP contribution in [0.15, 0.2) is 29.5 Å². The molecule has 0 aromatic heterocycles. The Morgan fingerprint density at radius 1 is 1.40 bits per heavy atom. The number of allylic oxidation sites excluding steroid dienone is 1. The van der Waals surface area contributed by atoms with E-state index in [0.717, 1.165) is 28.9 Å². The van der Waals surface area contributed by atoms with E-state index in [1.165, 1.54) is 0 Å². The van der Waals surface area contributed by atoms with Crippen LogP contribution < -0.4 is 4.90 Å². The summed E-state index contributed by atoms with van der Waals surface area (Å²) in [4.78, 5) is 14.0. The lowest BCUT2D eigenvalue weighted by atomic mass is 9.91. The molecule has 0 radical (unpaired) electrons. The van der Waals surface area contributed by atoms with Crippen LogP contribution in [0, 0.1) is 0 Å². The Balaban J connectivity index is 2.51. The fourth-order valence-corrected chi connectivity index (χ4v) is 2.53. The highest BCUT2D eigenvalue weighted by atomic mass is 16.5. The van der Waals surface area contributed by atoms with Crippen molar-refractivity contribution in [1.82, 2.24) is 0 Å². The summed E-state index contributed by atoms with van der Waals surface area (Å²) in [6.45, 7) is 5.95. The van der Waals surface area contributed by atoms with Crippen LogP contribution in [0.5, 0.6) is 0 Å². The molecule has 1 aliphatic heterocycles. The molecule has 4 nitrogen and oxygen atoms in total. The summed E-state index contributed by atoms with van der Waals surface area (Å²) in [5.41, 5.74) is 3.89. The van der Waals surface area contributed by atoms with Gasteiger partial charge in [0, 0.05) is 24.0 Å². The van der Waals surface area contributed by atoms with Gasteiger partial charge in [0.2, 0.25) is 0 Å². The van der Waals surface area contributed by atoms with E-state index in [-0.39, 0.29) is 0 Å². The Kier molecular flexibility index (Phi) is 4.14. The summed E-state index contributed by atoms with van der Waals surface area (Å²) in [5, 5.41) is 10.5. The second-order valence-electron chi connectivity index (χ2n) is 4.93. The van der Waals surface area contributed by atoms with Crippen LogP contribution in [0.3, 0.4) is 0 Å². The van der Waals surface area contributed by atoms with Crippen molar-refractivity contribution >= 4 is 11.7 Å². The summed E-state index contributed by atoms with van der Waals surface area (Å²) >= 11 is 0. The number of aliphatic hydroxyl groups excluding tert-OH is 1. The molecule has 0 aliphatic carbocycles.